The molecule has 128 valence electrons. The third-order valence-electron chi connectivity index (χ3n) is 3.69. The molecule has 0 radical (unpaired) electrons. The van der Waals surface area contributed by atoms with Gasteiger partial charge in [0.15, 0.2) is 0 Å². The zero-order chi connectivity index (χ0) is 18.3. The second-order valence-corrected chi connectivity index (χ2v) is 6.62. The minimum absolute atomic E-state index is 0.118. The van der Waals surface area contributed by atoms with Crippen molar-refractivity contribution in [1.82, 2.24) is 4.98 Å². The summed E-state index contributed by atoms with van der Waals surface area (Å²) in [6.07, 6.45) is -3.45. The van der Waals surface area contributed by atoms with Crippen LogP contribution >= 0.6 is 0 Å². The Morgan fingerprint density at radius 2 is 1.75 bits per heavy atom. The Bertz CT molecular complexity index is 793. The van der Waals surface area contributed by atoms with Crippen molar-refractivity contribution in [1.29, 1.82) is 0 Å². The van der Waals surface area contributed by atoms with Gasteiger partial charge in [-0.05, 0) is 18.6 Å². The molecular formula is C17H17F3N2O2. The molecule has 2 aromatic rings. The first-order valence-electron chi connectivity index (χ1n) is 7.24. The molecule has 1 heterocycles. The topological polar surface area (TPSA) is 56.0 Å². The molecule has 0 aliphatic rings. The van der Waals surface area contributed by atoms with E-state index in [2.05, 4.69) is 4.98 Å². The average Bonchev–Trinajstić information content (AvgIpc) is 2.45. The maximum Gasteiger partial charge on any atom is 0.417 e. The average molecular weight is 338 g/mol. The van der Waals surface area contributed by atoms with E-state index in [-0.39, 0.29) is 16.8 Å². The normalized spacial score (nSPS) is 12.3. The highest BCUT2D eigenvalue weighted by Gasteiger charge is 2.35. The maximum absolute atomic E-state index is 13.5. The SMILES string of the molecule is Cc1ccc(-c2cnc(C(C)(C)C)cc2C(F)(F)F)cc1[N+](=O)[O-]. The van der Waals surface area contributed by atoms with Crippen LogP contribution in [0.4, 0.5) is 18.9 Å². The number of nitrogens with zero attached hydrogens (tertiary/aromatic N) is 2. The minimum atomic E-state index is -4.59. The number of nitro groups is 1. The summed E-state index contributed by atoms with van der Waals surface area (Å²) in [7, 11) is 0. The number of pyridine rings is 1. The second kappa shape index (κ2) is 5.89. The van der Waals surface area contributed by atoms with Gasteiger partial charge in [0.2, 0.25) is 0 Å². The van der Waals surface area contributed by atoms with Crippen molar-refractivity contribution < 1.29 is 18.1 Å². The van der Waals surface area contributed by atoms with Crippen molar-refractivity contribution in [3.05, 3.63) is 57.4 Å². The maximum atomic E-state index is 13.5. The Morgan fingerprint density at radius 3 is 2.25 bits per heavy atom. The van der Waals surface area contributed by atoms with Gasteiger partial charge in [0.25, 0.3) is 5.69 Å². The summed E-state index contributed by atoms with van der Waals surface area (Å²) in [6, 6.07) is 5.04. The van der Waals surface area contributed by atoms with Crippen molar-refractivity contribution in [2.24, 2.45) is 0 Å². The molecule has 0 unspecified atom stereocenters. The molecule has 0 saturated carbocycles. The molecule has 1 aromatic carbocycles. The molecule has 24 heavy (non-hydrogen) atoms. The Morgan fingerprint density at radius 1 is 1.12 bits per heavy atom. The predicted molar refractivity (Wildman–Crippen MR) is 84.8 cm³/mol. The van der Waals surface area contributed by atoms with E-state index in [0.29, 0.717) is 11.3 Å². The molecule has 0 saturated heterocycles. The molecule has 7 heteroatoms. The molecular weight excluding hydrogens is 321 g/mol. The molecule has 0 atom stereocenters. The zero-order valence-electron chi connectivity index (χ0n) is 13.7. The lowest BCUT2D eigenvalue weighted by Gasteiger charge is -2.21. The highest BCUT2D eigenvalue weighted by molar-refractivity contribution is 5.70. The summed E-state index contributed by atoms with van der Waals surface area (Å²) in [6.45, 7) is 6.84. The summed E-state index contributed by atoms with van der Waals surface area (Å²) in [5, 5.41) is 11.0. The molecule has 1 aromatic heterocycles. The summed E-state index contributed by atoms with van der Waals surface area (Å²) >= 11 is 0. The van der Waals surface area contributed by atoms with Crippen LogP contribution in [0.1, 0.15) is 37.6 Å². The van der Waals surface area contributed by atoms with Crippen LogP contribution < -0.4 is 0 Å². The Kier molecular flexibility index (Phi) is 4.39. The predicted octanol–water partition coefficient (Wildman–Crippen LogP) is 5.28. The Hall–Kier alpha value is -2.44. The van der Waals surface area contributed by atoms with Crippen molar-refractivity contribution >= 4 is 5.69 Å². The van der Waals surface area contributed by atoms with Gasteiger partial charge in [-0.2, -0.15) is 13.2 Å². The summed E-state index contributed by atoms with van der Waals surface area (Å²) in [5.41, 5.74) is -0.971. The minimum Gasteiger partial charge on any atom is -0.260 e. The summed E-state index contributed by atoms with van der Waals surface area (Å²) < 4.78 is 40.4. The lowest BCUT2D eigenvalue weighted by Crippen LogP contribution is -2.17. The van der Waals surface area contributed by atoms with Crippen LogP contribution in [0.5, 0.6) is 0 Å². The molecule has 0 aliphatic heterocycles. The van der Waals surface area contributed by atoms with Crippen LogP contribution in [0.15, 0.2) is 30.5 Å². The monoisotopic (exact) mass is 338 g/mol. The van der Waals surface area contributed by atoms with E-state index in [1.165, 1.54) is 19.1 Å². The van der Waals surface area contributed by atoms with E-state index in [1.807, 2.05) is 0 Å². The van der Waals surface area contributed by atoms with Gasteiger partial charge in [-0.3, -0.25) is 15.1 Å². The molecule has 0 amide bonds. The van der Waals surface area contributed by atoms with Gasteiger partial charge in [0.05, 0.1) is 10.5 Å². The molecule has 0 N–H and O–H groups in total. The number of alkyl halides is 3. The first-order valence-corrected chi connectivity index (χ1v) is 7.24. The number of hydrogen-bond acceptors (Lipinski definition) is 3. The quantitative estimate of drug-likeness (QED) is 0.553. The third-order valence-corrected chi connectivity index (χ3v) is 3.69. The van der Waals surface area contributed by atoms with Gasteiger partial charge in [0, 0.05) is 34.5 Å². The van der Waals surface area contributed by atoms with Crippen molar-refractivity contribution in [3.63, 3.8) is 0 Å². The number of benzene rings is 1. The molecule has 0 aliphatic carbocycles. The first kappa shape index (κ1) is 17.9. The fraction of sp³-hybridized carbons (Fsp3) is 0.353. The highest BCUT2D eigenvalue weighted by atomic mass is 19.4. The smallest absolute Gasteiger partial charge is 0.260 e. The Labute approximate surface area is 137 Å². The van der Waals surface area contributed by atoms with Gasteiger partial charge < -0.3 is 0 Å². The standard InChI is InChI=1S/C17H17F3N2O2/c1-10-5-6-11(7-14(10)22(23)24)12-9-21-15(16(2,3)4)8-13(12)17(18,19)20/h5-9H,1-4H3. The van der Waals surface area contributed by atoms with Gasteiger partial charge in [-0.15, -0.1) is 0 Å². The van der Waals surface area contributed by atoms with Gasteiger partial charge >= 0.3 is 6.18 Å². The lowest BCUT2D eigenvalue weighted by molar-refractivity contribution is -0.385. The molecule has 0 bridgehead atoms. The number of hydrogen-bond donors (Lipinski definition) is 0. The van der Waals surface area contributed by atoms with Crippen LogP contribution in [-0.2, 0) is 11.6 Å². The van der Waals surface area contributed by atoms with Crippen molar-refractivity contribution in [3.8, 4) is 11.1 Å². The number of aryl methyl sites for hydroxylation is 1. The van der Waals surface area contributed by atoms with E-state index < -0.39 is 22.1 Å². The molecule has 4 nitrogen and oxygen atoms in total. The second-order valence-electron chi connectivity index (χ2n) is 6.62. The summed E-state index contributed by atoms with van der Waals surface area (Å²) in [5.74, 6) is 0. The molecule has 0 fully saturated rings. The number of rotatable bonds is 2. The number of aromatic nitrogens is 1. The van der Waals surface area contributed by atoms with Crippen LogP contribution in [0.2, 0.25) is 0 Å². The largest absolute Gasteiger partial charge is 0.417 e. The van der Waals surface area contributed by atoms with Crippen LogP contribution in [0, 0.1) is 17.0 Å². The first-order chi connectivity index (χ1) is 10.9. The molecule has 2 rings (SSSR count). The lowest BCUT2D eigenvalue weighted by atomic mass is 9.89. The van der Waals surface area contributed by atoms with Gasteiger partial charge in [-0.25, -0.2) is 0 Å². The van der Waals surface area contributed by atoms with E-state index in [0.717, 1.165) is 18.3 Å². The van der Waals surface area contributed by atoms with Gasteiger partial charge in [-0.1, -0.05) is 32.9 Å². The number of nitro benzene ring substituents is 1. The zero-order valence-corrected chi connectivity index (χ0v) is 13.7. The third kappa shape index (κ3) is 3.55. The number of halogens is 3. The van der Waals surface area contributed by atoms with Crippen LogP contribution in [0.25, 0.3) is 11.1 Å². The van der Waals surface area contributed by atoms with E-state index in [1.54, 1.807) is 20.8 Å². The van der Waals surface area contributed by atoms with E-state index in [9.17, 15) is 23.3 Å². The highest BCUT2D eigenvalue weighted by Crippen LogP contribution is 2.39. The Balaban J connectivity index is 2.71. The summed E-state index contributed by atoms with van der Waals surface area (Å²) in [4.78, 5) is 14.6. The fourth-order valence-corrected chi connectivity index (χ4v) is 2.30. The van der Waals surface area contributed by atoms with Gasteiger partial charge in [0.1, 0.15) is 0 Å². The molecule has 0 spiro atoms. The van der Waals surface area contributed by atoms with Crippen LogP contribution in [0.3, 0.4) is 0 Å². The van der Waals surface area contributed by atoms with E-state index in [4.69, 9.17) is 0 Å². The fourth-order valence-electron chi connectivity index (χ4n) is 2.30. The van der Waals surface area contributed by atoms with E-state index >= 15 is 0 Å². The van der Waals surface area contributed by atoms with Crippen molar-refractivity contribution in [2.45, 2.75) is 39.3 Å². The van der Waals surface area contributed by atoms with Crippen LogP contribution in [-0.4, -0.2) is 9.91 Å². The van der Waals surface area contributed by atoms with Crippen molar-refractivity contribution in [2.75, 3.05) is 0 Å².